The summed E-state index contributed by atoms with van der Waals surface area (Å²) in [4.78, 5) is 23.1. The fourth-order valence-corrected chi connectivity index (χ4v) is 4.34. The normalized spacial score (nSPS) is 10.9. The molecule has 0 aliphatic heterocycles. The molecule has 3 aromatic carbocycles. The smallest absolute Gasteiger partial charge is 0.271 e. The molecule has 0 atom stereocenters. The van der Waals surface area contributed by atoms with Gasteiger partial charge in [-0.3, -0.25) is 14.9 Å². The number of aryl methyl sites for hydroxylation is 1. The van der Waals surface area contributed by atoms with Crippen molar-refractivity contribution in [2.75, 3.05) is 5.32 Å². The zero-order valence-corrected chi connectivity index (χ0v) is 20.5. The number of anilines is 1. The Bertz CT molecular complexity index is 1260. The van der Waals surface area contributed by atoms with Crippen molar-refractivity contribution >= 4 is 55.2 Å². The number of hydrogen-bond donors (Lipinski definition) is 1. The predicted octanol–water partition coefficient (Wildman–Crippen LogP) is 6.55. The van der Waals surface area contributed by atoms with E-state index in [4.69, 9.17) is 4.74 Å². The average Bonchev–Trinajstić information content (AvgIpc) is 2.78. The topological polar surface area (TPSA) is 105 Å². The number of nitro benzene ring substituents is 1. The van der Waals surface area contributed by atoms with Crippen molar-refractivity contribution in [2.24, 2.45) is 0 Å². The molecule has 1 N–H and O–H groups in total. The number of non-ortho nitro benzene ring substituents is 1. The first-order chi connectivity index (χ1) is 15.8. The molecule has 0 heterocycles. The molecule has 0 unspecified atom stereocenters. The lowest BCUT2D eigenvalue weighted by molar-refractivity contribution is -0.384. The quantitative estimate of drug-likeness (QED) is 0.150. The van der Waals surface area contributed by atoms with Gasteiger partial charge in [-0.15, -0.1) is 0 Å². The highest BCUT2D eigenvalue weighted by Crippen LogP contribution is 2.36. The minimum Gasteiger partial charge on any atom is -0.487 e. The SMILES string of the molecule is Cc1ccc([N+](=O)[O-])cc1NC(=O)/C(C#N)=C/c1cc(Br)c(OCc2ccccc2)c(Br)c1. The highest BCUT2D eigenvalue weighted by atomic mass is 79.9. The van der Waals surface area contributed by atoms with Crippen molar-refractivity contribution in [3.63, 3.8) is 0 Å². The summed E-state index contributed by atoms with van der Waals surface area (Å²) in [6.45, 7) is 2.08. The number of benzene rings is 3. The Morgan fingerprint density at radius 2 is 1.82 bits per heavy atom. The van der Waals surface area contributed by atoms with Crippen LogP contribution in [0.4, 0.5) is 11.4 Å². The van der Waals surface area contributed by atoms with Gasteiger partial charge in [0.2, 0.25) is 0 Å². The molecule has 0 aromatic heterocycles. The van der Waals surface area contributed by atoms with Crippen molar-refractivity contribution in [3.8, 4) is 11.8 Å². The lowest BCUT2D eigenvalue weighted by Crippen LogP contribution is -2.14. The van der Waals surface area contributed by atoms with E-state index >= 15 is 0 Å². The lowest BCUT2D eigenvalue weighted by atomic mass is 10.1. The van der Waals surface area contributed by atoms with Crippen LogP contribution in [0.1, 0.15) is 16.7 Å². The van der Waals surface area contributed by atoms with Crippen molar-refractivity contribution in [1.29, 1.82) is 5.26 Å². The van der Waals surface area contributed by atoms with Gasteiger partial charge in [-0.25, -0.2) is 0 Å². The van der Waals surface area contributed by atoms with Crippen LogP contribution in [-0.4, -0.2) is 10.8 Å². The van der Waals surface area contributed by atoms with Gasteiger partial charge in [-0.05, 0) is 73.7 Å². The van der Waals surface area contributed by atoms with E-state index in [0.717, 1.165) is 5.56 Å². The number of nitriles is 1. The van der Waals surface area contributed by atoms with Crippen molar-refractivity contribution in [1.82, 2.24) is 0 Å². The number of ether oxygens (including phenoxy) is 1. The summed E-state index contributed by atoms with van der Waals surface area (Å²) in [5.74, 6) is -0.0797. The summed E-state index contributed by atoms with van der Waals surface area (Å²) in [6, 6.07) is 19.2. The second-order valence-electron chi connectivity index (χ2n) is 6.97. The van der Waals surface area contributed by atoms with Crippen LogP contribution < -0.4 is 10.1 Å². The van der Waals surface area contributed by atoms with E-state index in [1.165, 1.54) is 24.3 Å². The van der Waals surface area contributed by atoms with Crippen LogP contribution in [0.3, 0.4) is 0 Å². The lowest BCUT2D eigenvalue weighted by Gasteiger charge is -2.12. The number of carbonyl (C=O) groups excluding carboxylic acids is 1. The summed E-state index contributed by atoms with van der Waals surface area (Å²) in [6.07, 6.45) is 1.43. The van der Waals surface area contributed by atoms with Gasteiger partial charge < -0.3 is 10.1 Å². The molecule has 3 rings (SSSR count). The summed E-state index contributed by atoms with van der Waals surface area (Å²) in [5.41, 5.74) is 2.19. The van der Waals surface area contributed by atoms with Gasteiger partial charge >= 0.3 is 0 Å². The number of nitrogens with zero attached hydrogens (tertiary/aromatic N) is 2. The first kappa shape index (κ1) is 24.2. The van der Waals surface area contributed by atoms with Gasteiger partial charge in [0.25, 0.3) is 11.6 Å². The van der Waals surface area contributed by atoms with E-state index in [-0.39, 0.29) is 16.9 Å². The summed E-state index contributed by atoms with van der Waals surface area (Å²) in [7, 11) is 0. The van der Waals surface area contributed by atoms with Crippen LogP contribution in [0.2, 0.25) is 0 Å². The van der Waals surface area contributed by atoms with Gasteiger partial charge in [-0.2, -0.15) is 5.26 Å². The monoisotopic (exact) mass is 569 g/mol. The molecule has 0 saturated heterocycles. The molecule has 3 aromatic rings. The number of amides is 1. The van der Waals surface area contributed by atoms with Gasteiger partial charge in [-0.1, -0.05) is 36.4 Å². The highest BCUT2D eigenvalue weighted by Gasteiger charge is 2.15. The molecule has 1 amide bonds. The molecule has 0 fully saturated rings. The largest absolute Gasteiger partial charge is 0.487 e. The highest BCUT2D eigenvalue weighted by molar-refractivity contribution is 9.11. The Kier molecular flexibility index (Phi) is 7.98. The predicted molar refractivity (Wildman–Crippen MR) is 133 cm³/mol. The number of nitrogens with one attached hydrogen (secondary N) is 1. The second kappa shape index (κ2) is 10.9. The molecule has 0 radical (unpaired) electrons. The third kappa shape index (κ3) is 6.28. The fourth-order valence-electron chi connectivity index (χ4n) is 2.89. The zero-order valence-electron chi connectivity index (χ0n) is 17.3. The first-order valence-electron chi connectivity index (χ1n) is 9.62. The molecule has 0 bridgehead atoms. The van der Waals surface area contributed by atoms with Gasteiger partial charge in [0, 0.05) is 12.1 Å². The number of hydrogen-bond acceptors (Lipinski definition) is 5. The summed E-state index contributed by atoms with van der Waals surface area (Å²) in [5, 5.41) is 23.1. The van der Waals surface area contributed by atoms with Crippen molar-refractivity contribution in [2.45, 2.75) is 13.5 Å². The zero-order chi connectivity index (χ0) is 24.0. The third-order valence-electron chi connectivity index (χ3n) is 4.60. The number of carbonyl (C=O) groups is 1. The Morgan fingerprint density at radius 1 is 1.15 bits per heavy atom. The van der Waals surface area contributed by atoms with Gasteiger partial charge in [0.1, 0.15) is 24.0 Å². The Balaban J connectivity index is 1.80. The van der Waals surface area contributed by atoms with Crippen LogP contribution >= 0.6 is 31.9 Å². The summed E-state index contributed by atoms with van der Waals surface area (Å²) >= 11 is 6.95. The molecule has 0 aliphatic rings. The molecule has 7 nitrogen and oxygen atoms in total. The maximum atomic E-state index is 12.7. The van der Waals surface area contributed by atoms with E-state index in [0.29, 0.717) is 32.4 Å². The summed E-state index contributed by atoms with van der Waals surface area (Å²) < 4.78 is 7.19. The molecule has 0 saturated carbocycles. The van der Waals surface area contributed by atoms with Crippen LogP contribution in [0.15, 0.2) is 75.2 Å². The average molecular weight is 571 g/mol. The van der Waals surface area contributed by atoms with Crippen molar-refractivity contribution < 1.29 is 14.5 Å². The van der Waals surface area contributed by atoms with Gasteiger partial charge in [0.05, 0.1) is 19.6 Å². The molecule has 0 aliphatic carbocycles. The Hall–Kier alpha value is -3.48. The molecule has 33 heavy (non-hydrogen) atoms. The molecule has 0 spiro atoms. The molecule has 9 heteroatoms. The van der Waals surface area contributed by atoms with Crippen LogP contribution in [0, 0.1) is 28.4 Å². The maximum absolute atomic E-state index is 12.7. The minimum absolute atomic E-state index is 0.155. The van der Waals surface area contributed by atoms with Crippen LogP contribution in [-0.2, 0) is 11.4 Å². The minimum atomic E-state index is -0.669. The molecular weight excluding hydrogens is 554 g/mol. The Labute approximate surface area is 207 Å². The van der Waals surface area contributed by atoms with E-state index in [1.807, 2.05) is 36.4 Å². The maximum Gasteiger partial charge on any atom is 0.271 e. The van der Waals surface area contributed by atoms with Crippen LogP contribution in [0.5, 0.6) is 5.75 Å². The number of nitro groups is 1. The van der Waals surface area contributed by atoms with E-state index in [1.54, 1.807) is 19.1 Å². The molecular formula is C24H17Br2N3O4. The number of halogens is 2. The molecule has 166 valence electrons. The van der Waals surface area contributed by atoms with Crippen LogP contribution in [0.25, 0.3) is 6.08 Å². The fraction of sp³-hybridized carbons (Fsp3) is 0.0833. The third-order valence-corrected chi connectivity index (χ3v) is 5.78. The first-order valence-corrected chi connectivity index (χ1v) is 11.2. The van der Waals surface area contributed by atoms with E-state index in [9.17, 15) is 20.2 Å². The second-order valence-corrected chi connectivity index (χ2v) is 8.68. The van der Waals surface area contributed by atoms with E-state index < -0.39 is 10.8 Å². The number of rotatable bonds is 7. The van der Waals surface area contributed by atoms with E-state index in [2.05, 4.69) is 37.2 Å². The van der Waals surface area contributed by atoms with Crippen molar-refractivity contribution in [3.05, 3.63) is 102 Å². The Morgan fingerprint density at radius 3 is 2.42 bits per heavy atom. The van der Waals surface area contributed by atoms with Gasteiger partial charge in [0.15, 0.2) is 0 Å². The standard InChI is InChI=1S/C24H17Br2N3O4/c1-15-7-8-19(29(31)32)12-22(15)28-24(30)18(13-27)9-17-10-20(25)23(21(26)11-17)33-14-16-5-3-2-4-6-16/h2-12H,14H2,1H3,(H,28,30)/b18-9+.